The first-order valence-electron chi connectivity index (χ1n) is 14.6. The van der Waals surface area contributed by atoms with Crippen LogP contribution in [0.1, 0.15) is 130 Å². The van der Waals surface area contributed by atoms with E-state index >= 15 is 0 Å². The Bertz CT molecular complexity index is 469. The molecule has 0 heterocycles. The molecular formula is C29H56NO+. The molecule has 0 radical (unpaired) electrons. The van der Waals surface area contributed by atoms with Crippen molar-refractivity contribution in [2.75, 3.05) is 26.2 Å². The van der Waals surface area contributed by atoms with Crippen molar-refractivity contribution >= 4 is 0 Å². The van der Waals surface area contributed by atoms with E-state index in [9.17, 15) is 5.11 Å². The van der Waals surface area contributed by atoms with E-state index in [4.69, 9.17) is 0 Å². The summed E-state index contributed by atoms with van der Waals surface area (Å²) in [6.07, 6.45) is 23.4. The Hall–Kier alpha value is -0.0800. The fourth-order valence-electron chi connectivity index (χ4n) is 8.01. The van der Waals surface area contributed by atoms with E-state index in [0.717, 1.165) is 18.3 Å². The highest BCUT2D eigenvalue weighted by molar-refractivity contribution is 5.06. The molecule has 4 aliphatic carbocycles. The summed E-state index contributed by atoms with van der Waals surface area (Å²) in [6, 6.07) is 0. The second-order valence-electron chi connectivity index (χ2n) is 12.0. The Morgan fingerprint density at radius 3 is 1.55 bits per heavy atom. The lowest BCUT2D eigenvalue weighted by Crippen LogP contribution is -2.58. The quantitative estimate of drug-likeness (QED) is 0.183. The molecule has 0 aromatic rings. The molecule has 0 aliphatic heterocycles. The lowest BCUT2D eigenvalue weighted by molar-refractivity contribution is -0.925. The molecule has 182 valence electrons. The summed E-state index contributed by atoms with van der Waals surface area (Å²) in [7, 11) is 0. The van der Waals surface area contributed by atoms with Crippen molar-refractivity contribution in [2.24, 2.45) is 23.7 Å². The molecule has 31 heavy (non-hydrogen) atoms. The highest BCUT2D eigenvalue weighted by Gasteiger charge is 2.56. The van der Waals surface area contributed by atoms with Crippen molar-refractivity contribution in [2.45, 2.75) is 136 Å². The number of aliphatic hydroxyl groups is 1. The van der Waals surface area contributed by atoms with Gasteiger partial charge < -0.3 is 9.59 Å². The van der Waals surface area contributed by atoms with Crippen LogP contribution in [0.2, 0.25) is 0 Å². The molecule has 0 saturated heterocycles. The summed E-state index contributed by atoms with van der Waals surface area (Å²) in [6.45, 7) is 12.3. The second kappa shape index (κ2) is 12.4. The number of quaternary nitrogens is 1. The van der Waals surface area contributed by atoms with Gasteiger partial charge in [0.15, 0.2) is 0 Å². The summed E-state index contributed by atoms with van der Waals surface area (Å²) >= 11 is 0. The van der Waals surface area contributed by atoms with Gasteiger partial charge in [0.05, 0.1) is 31.8 Å². The normalized spacial score (nSPS) is 32.1. The first kappa shape index (κ1) is 25.5. The van der Waals surface area contributed by atoms with Gasteiger partial charge in [0.25, 0.3) is 0 Å². The van der Waals surface area contributed by atoms with Crippen molar-refractivity contribution in [3.63, 3.8) is 0 Å². The minimum Gasteiger partial charge on any atom is -0.389 e. The Labute approximate surface area is 195 Å². The van der Waals surface area contributed by atoms with Crippen molar-refractivity contribution in [1.29, 1.82) is 0 Å². The average molecular weight is 435 g/mol. The van der Waals surface area contributed by atoms with Gasteiger partial charge in [-0.05, 0) is 95.3 Å². The van der Waals surface area contributed by atoms with Crippen LogP contribution in [-0.2, 0) is 0 Å². The molecule has 0 unspecified atom stereocenters. The Kier molecular flexibility index (Phi) is 10.2. The fourth-order valence-corrected chi connectivity index (χ4v) is 8.01. The molecule has 1 N–H and O–H groups in total. The van der Waals surface area contributed by atoms with E-state index in [2.05, 4.69) is 20.8 Å². The Morgan fingerprint density at radius 1 is 0.613 bits per heavy atom. The molecule has 4 rings (SSSR count). The van der Waals surface area contributed by atoms with Crippen LogP contribution >= 0.6 is 0 Å². The first-order chi connectivity index (χ1) is 15.0. The molecule has 4 fully saturated rings. The highest BCUT2D eigenvalue weighted by Crippen LogP contribution is 2.59. The van der Waals surface area contributed by atoms with Gasteiger partial charge in [-0.2, -0.15) is 0 Å². The standard InChI is InChI=1S/C29H56NO/c1-4-7-8-9-10-11-12-13-14-15-18-30(5-2,6-3)19-16-17-29(31)27-21-25-20-26(23-27)24-28(29)22-25/h25-28,31H,4-24H2,1-3H3/q+1. The van der Waals surface area contributed by atoms with E-state index in [0.29, 0.717) is 11.8 Å². The van der Waals surface area contributed by atoms with E-state index in [1.165, 1.54) is 133 Å². The van der Waals surface area contributed by atoms with Crippen LogP contribution < -0.4 is 0 Å². The molecule has 0 amide bonds. The molecule has 0 aromatic heterocycles. The van der Waals surface area contributed by atoms with Gasteiger partial charge in [-0.3, -0.25) is 0 Å². The maximum absolute atomic E-state index is 11.7. The van der Waals surface area contributed by atoms with E-state index in [-0.39, 0.29) is 5.60 Å². The van der Waals surface area contributed by atoms with Crippen LogP contribution in [0.3, 0.4) is 0 Å². The third-order valence-electron chi connectivity index (χ3n) is 10.1. The van der Waals surface area contributed by atoms with Crippen LogP contribution in [0.15, 0.2) is 0 Å². The third kappa shape index (κ3) is 6.72. The van der Waals surface area contributed by atoms with Gasteiger partial charge in [-0.1, -0.05) is 58.3 Å². The maximum Gasteiger partial charge on any atom is 0.0787 e. The fraction of sp³-hybridized carbons (Fsp3) is 1.00. The van der Waals surface area contributed by atoms with Gasteiger partial charge >= 0.3 is 0 Å². The number of nitrogens with zero attached hydrogens (tertiary/aromatic N) is 1. The van der Waals surface area contributed by atoms with Crippen LogP contribution in [0.5, 0.6) is 0 Å². The van der Waals surface area contributed by atoms with Crippen LogP contribution in [0, 0.1) is 23.7 Å². The van der Waals surface area contributed by atoms with Gasteiger partial charge in [0, 0.05) is 0 Å². The Balaban J connectivity index is 1.32. The molecule has 4 bridgehead atoms. The average Bonchev–Trinajstić information content (AvgIpc) is 2.77. The molecule has 4 aliphatic rings. The lowest BCUT2D eigenvalue weighted by Gasteiger charge is -2.59. The van der Waals surface area contributed by atoms with Crippen molar-refractivity contribution < 1.29 is 9.59 Å². The number of hydrogen-bond acceptors (Lipinski definition) is 1. The molecule has 4 saturated carbocycles. The van der Waals surface area contributed by atoms with E-state index < -0.39 is 0 Å². The Morgan fingerprint density at radius 2 is 1.06 bits per heavy atom. The molecule has 0 aromatic carbocycles. The van der Waals surface area contributed by atoms with Crippen LogP contribution in [0.4, 0.5) is 0 Å². The maximum atomic E-state index is 11.7. The van der Waals surface area contributed by atoms with Crippen molar-refractivity contribution in [1.82, 2.24) is 0 Å². The summed E-state index contributed by atoms with van der Waals surface area (Å²) in [5, 5.41) is 11.7. The zero-order chi connectivity index (χ0) is 22.2. The first-order valence-corrected chi connectivity index (χ1v) is 14.6. The molecule has 2 heteroatoms. The second-order valence-corrected chi connectivity index (χ2v) is 12.0. The SMILES string of the molecule is CCCCCCCCCCCC[N+](CC)(CC)CCCC1(O)C2CC3CC(C2)CC1C3. The van der Waals surface area contributed by atoms with Gasteiger partial charge in [-0.25, -0.2) is 0 Å². The van der Waals surface area contributed by atoms with Gasteiger partial charge in [-0.15, -0.1) is 0 Å². The minimum atomic E-state index is -0.304. The van der Waals surface area contributed by atoms with Crippen molar-refractivity contribution in [3.8, 4) is 0 Å². The minimum absolute atomic E-state index is 0.304. The molecule has 0 spiro atoms. The van der Waals surface area contributed by atoms with Crippen LogP contribution in [0.25, 0.3) is 0 Å². The summed E-state index contributed by atoms with van der Waals surface area (Å²) in [5.41, 5.74) is -0.304. The zero-order valence-electron chi connectivity index (χ0n) is 21.6. The lowest BCUT2D eigenvalue weighted by atomic mass is 9.49. The molecule has 2 nitrogen and oxygen atoms in total. The summed E-state index contributed by atoms with van der Waals surface area (Å²) in [4.78, 5) is 0. The monoisotopic (exact) mass is 434 g/mol. The van der Waals surface area contributed by atoms with Crippen molar-refractivity contribution in [3.05, 3.63) is 0 Å². The van der Waals surface area contributed by atoms with Gasteiger partial charge in [0.2, 0.25) is 0 Å². The third-order valence-corrected chi connectivity index (χ3v) is 10.1. The largest absolute Gasteiger partial charge is 0.389 e. The number of hydrogen-bond donors (Lipinski definition) is 1. The zero-order valence-corrected chi connectivity index (χ0v) is 21.6. The summed E-state index contributed by atoms with van der Waals surface area (Å²) in [5.74, 6) is 3.19. The van der Waals surface area contributed by atoms with E-state index in [1.54, 1.807) is 0 Å². The number of rotatable bonds is 17. The van der Waals surface area contributed by atoms with E-state index in [1.807, 2.05) is 0 Å². The highest BCUT2D eigenvalue weighted by atomic mass is 16.3. The molecular weight excluding hydrogens is 378 g/mol. The predicted octanol–water partition coefficient (Wildman–Crippen LogP) is 7.73. The summed E-state index contributed by atoms with van der Waals surface area (Å²) < 4.78 is 1.29. The molecule has 0 atom stereocenters. The van der Waals surface area contributed by atoms with Crippen LogP contribution in [-0.4, -0.2) is 41.4 Å². The smallest absolute Gasteiger partial charge is 0.0787 e. The van der Waals surface area contributed by atoms with Gasteiger partial charge in [0.1, 0.15) is 0 Å². The number of unbranched alkanes of at least 4 members (excludes halogenated alkanes) is 9. The predicted molar refractivity (Wildman–Crippen MR) is 134 cm³/mol. The topological polar surface area (TPSA) is 20.2 Å².